The molecule has 0 saturated heterocycles. The molecule has 0 saturated carbocycles. The van der Waals surface area contributed by atoms with Crippen LogP contribution in [0.1, 0.15) is 33.6 Å². The Morgan fingerprint density at radius 3 is 2.54 bits per heavy atom. The Labute approximate surface area is 79.0 Å². The van der Waals surface area contributed by atoms with E-state index in [-0.39, 0.29) is 6.03 Å². The number of carbonyl (C=O) groups is 1. The van der Waals surface area contributed by atoms with E-state index in [1.54, 1.807) is 6.21 Å². The van der Waals surface area contributed by atoms with Gasteiger partial charge in [-0.15, -0.1) is 0 Å². The van der Waals surface area contributed by atoms with E-state index in [1.165, 1.54) is 6.42 Å². The maximum atomic E-state index is 10.7. The van der Waals surface area contributed by atoms with Crippen LogP contribution >= 0.6 is 0 Å². The first-order chi connectivity index (χ1) is 6.13. The third kappa shape index (κ3) is 2.76. The van der Waals surface area contributed by atoms with Crippen molar-refractivity contribution >= 4 is 18.0 Å². The molecule has 0 bridgehead atoms. The summed E-state index contributed by atoms with van der Waals surface area (Å²) in [4.78, 5) is 18.1. The van der Waals surface area contributed by atoms with Gasteiger partial charge in [-0.2, -0.15) is 9.98 Å². The van der Waals surface area contributed by atoms with Gasteiger partial charge in [0.05, 0.1) is 11.9 Å². The minimum atomic E-state index is -0.355. The average Bonchev–Trinajstić information content (AvgIpc) is 2.49. The maximum absolute atomic E-state index is 10.7. The summed E-state index contributed by atoms with van der Waals surface area (Å²) in [5.74, 6) is 1.24. The van der Waals surface area contributed by atoms with E-state index in [1.807, 2.05) is 0 Å². The van der Waals surface area contributed by atoms with Gasteiger partial charge in [0.25, 0.3) is 0 Å². The standard InChI is InChI=1S/C10H16N2O/c1-4-7(2)8(3)5-9-6-11-10(13)12-9/h6-8H,4-5H2,1-3H3. The van der Waals surface area contributed by atoms with Crippen LogP contribution in [0, 0.1) is 11.8 Å². The molecule has 1 rings (SSSR count). The summed E-state index contributed by atoms with van der Waals surface area (Å²) in [5, 5.41) is 0. The molecular formula is C10H16N2O. The summed E-state index contributed by atoms with van der Waals surface area (Å²) in [6, 6.07) is -0.355. The van der Waals surface area contributed by atoms with Crippen LogP contribution in [0.2, 0.25) is 0 Å². The number of nitrogens with zero attached hydrogens (tertiary/aromatic N) is 2. The predicted octanol–water partition coefficient (Wildman–Crippen LogP) is 2.70. The average molecular weight is 180 g/mol. The van der Waals surface area contributed by atoms with Crippen molar-refractivity contribution in [2.24, 2.45) is 21.8 Å². The molecule has 2 amide bonds. The first-order valence-corrected chi connectivity index (χ1v) is 4.79. The van der Waals surface area contributed by atoms with E-state index in [2.05, 4.69) is 30.8 Å². The van der Waals surface area contributed by atoms with Crippen molar-refractivity contribution in [2.75, 3.05) is 0 Å². The van der Waals surface area contributed by atoms with Crippen LogP contribution in [0.4, 0.5) is 4.79 Å². The Kier molecular flexibility index (Phi) is 3.34. The number of hydrogen-bond acceptors (Lipinski definition) is 1. The molecule has 2 unspecified atom stereocenters. The monoisotopic (exact) mass is 180 g/mol. The summed E-state index contributed by atoms with van der Waals surface area (Å²) in [5.41, 5.74) is 0.831. The molecule has 3 heteroatoms. The Hall–Kier alpha value is -0.990. The van der Waals surface area contributed by atoms with Gasteiger partial charge in [-0.1, -0.05) is 27.2 Å². The van der Waals surface area contributed by atoms with Crippen molar-refractivity contribution < 1.29 is 4.79 Å². The Balaban J connectivity index is 2.45. The minimum absolute atomic E-state index is 0.355. The second-order valence-corrected chi connectivity index (χ2v) is 3.71. The molecule has 0 fully saturated rings. The van der Waals surface area contributed by atoms with Gasteiger partial charge in [0.15, 0.2) is 0 Å². The molecule has 0 N–H and O–H groups in total. The van der Waals surface area contributed by atoms with Crippen molar-refractivity contribution in [2.45, 2.75) is 33.6 Å². The summed E-state index contributed by atoms with van der Waals surface area (Å²) in [6.45, 7) is 6.59. The second-order valence-electron chi connectivity index (χ2n) is 3.71. The highest BCUT2D eigenvalue weighted by Gasteiger charge is 2.15. The topological polar surface area (TPSA) is 41.8 Å². The molecule has 0 aromatic carbocycles. The van der Waals surface area contributed by atoms with Crippen molar-refractivity contribution in [1.29, 1.82) is 0 Å². The van der Waals surface area contributed by atoms with Crippen LogP contribution < -0.4 is 0 Å². The first-order valence-electron chi connectivity index (χ1n) is 4.79. The van der Waals surface area contributed by atoms with Crippen LogP contribution in [0.15, 0.2) is 9.98 Å². The van der Waals surface area contributed by atoms with Gasteiger partial charge in [0.1, 0.15) is 0 Å². The second kappa shape index (κ2) is 4.30. The Morgan fingerprint density at radius 2 is 2.08 bits per heavy atom. The van der Waals surface area contributed by atoms with E-state index >= 15 is 0 Å². The van der Waals surface area contributed by atoms with Crippen molar-refractivity contribution in [3.63, 3.8) is 0 Å². The van der Waals surface area contributed by atoms with E-state index in [4.69, 9.17) is 0 Å². The number of amides is 2. The number of hydrogen-bond donors (Lipinski definition) is 0. The molecule has 72 valence electrons. The van der Waals surface area contributed by atoms with Crippen molar-refractivity contribution in [3.8, 4) is 0 Å². The van der Waals surface area contributed by atoms with E-state index in [9.17, 15) is 4.79 Å². The number of rotatable bonds is 4. The smallest absolute Gasteiger partial charge is 0.244 e. The molecule has 1 aliphatic rings. The van der Waals surface area contributed by atoms with Crippen LogP contribution in [0.3, 0.4) is 0 Å². The fourth-order valence-electron chi connectivity index (χ4n) is 1.34. The van der Waals surface area contributed by atoms with Crippen LogP contribution in [-0.2, 0) is 0 Å². The molecule has 13 heavy (non-hydrogen) atoms. The number of aliphatic imine (C=N–C) groups is 2. The largest absolute Gasteiger partial charge is 0.367 e. The third-order valence-corrected chi connectivity index (χ3v) is 2.71. The summed E-state index contributed by atoms with van der Waals surface area (Å²) in [6.07, 6.45) is 3.62. The molecule has 0 spiro atoms. The minimum Gasteiger partial charge on any atom is -0.244 e. The number of urea groups is 1. The van der Waals surface area contributed by atoms with E-state index in [0.717, 1.165) is 12.1 Å². The van der Waals surface area contributed by atoms with Crippen LogP contribution in [-0.4, -0.2) is 18.0 Å². The predicted molar refractivity (Wildman–Crippen MR) is 54.6 cm³/mol. The fraction of sp³-hybridized carbons (Fsp3) is 0.700. The molecule has 0 aromatic heterocycles. The molecule has 0 radical (unpaired) electrons. The van der Waals surface area contributed by atoms with Crippen molar-refractivity contribution in [3.05, 3.63) is 0 Å². The normalized spacial score (nSPS) is 20.2. The lowest BCUT2D eigenvalue weighted by molar-refractivity contribution is 0.257. The lowest BCUT2D eigenvalue weighted by atomic mass is 9.89. The highest BCUT2D eigenvalue weighted by atomic mass is 16.2. The molecular weight excluding hydrogens is 164 g/mol. The van der Waals surface area contributed by atoms with Crippen molar-refractivity contribution in [1.82, 2.24) is 0 Å². The fourth-order valence-corrected chi connectivity index (χ4v) is 1.34. The summed E-state index contributed by atoms with van der Waals surface area (Å²) >= 11 is 0. The summed E-state index contributed by atoms with van der Waals surface area (Å²) in [7, 11) is 0. The van der Waals surface area contributed by atoms with Crippen LogP contribution in [0.25, 0.3) is 0 Å². The van der Waals surface area contributed by atoms with E-state index < -0.39 is 0 Å². The SMILES string of the molecule is CCC(C)C(C)CC1=NC(=O)N=C1. The molecule has 1 aliphatic heterocycles. The first kappa shape index (κ1) is 10.1. The highest BCUT2D eigenvalue weighted by Crippen LogP contribution is 2.19. The summed E-state index contributed by atoms with van der Waals surface area (Å²) < 4.78 is 0. The zero-order chi connectivity index (χ0) is 9.84. The zero-order valence-electron chi connectivity index (χ0n) is 8.45. The lowest BCUT2D eigenvalue weighted by Gasteiger charge is -2.16. The molecule has 2 atom stereocenters. The molecule has 3 nitrogen and oxygen atoms in total. The van der Waals surface area contributed by atoms with Gasteiger partial charge in [0, 0.05) is 0 Å². The Bertz CT molecular complexity index is 256. The number of carbonyl (C=O) groups excluding carboxylic acids is 1. The van der Waals surface area contributed by atoms with Gasteiger partial charge in [-0.05, 0) is 18.3 Å². The van der Waals surface area contributed by atoms with Crippen LogP contribution in [0.5, 0.6) is 0 Å². The van der Waals surface area contributed by atoms with Gasteiger partial charge in [0.2, 0.25) is 0 Å². The lowest BCUT2D eigenvalue weighted by Crippen LogP contribution is -2.12. The van der Waals surface area contributed by atoms with Gasteiger partial charge >= 0.3 is 6.03 Å². The van der Waals surface area contributed by atoms with Gasteiger partial charge in [-0.3, -0.25) is 0 Å². The highest BCUT2D eigenvalue weighted by molar-refractivity contribution is 6.37. The molecule has 0 aromatic rings. The third-order valence-electron chi connectivity index (χ3n) is 2.71. The zero-order valence-corrected chi connectivity index (χ0v) is 8.45. The van der Waals surface area contributed by atoms with Gasteiger partial charge < -0.3 is 0 Å². The Morgan fingerprint density at radius 1 is 1.38 bits per heavy atom. The van der Waals surface area contributed by atoms with E-state index in [0.29, 0.717) is 11.8 Å². The molecule has 1 heterocycles. The quantitative estimate of drug-likeness (QED) is 0.655. The molecule has 0 aliphatic carbocycles. The maximum Gasteiger partial charge on any atom is 0.367 e. The van der Waals surface area contributed by atoms with Gasteiger partial charge in [-0.25, -0.2) is 4.79 Å².